The molecule has 0 saturated carbocycles. The molecular formula is C13H14N2O3. The largest absolute Gasteiger partial charge is 0.506 e. The number of hydrogen-bond donors (Lipinski definition) is 2. The molecular weight excluding hydrogens is 232 g/mol. The summed E-state index contributed by atoms with van der Waals surface area (Å²) >= 11 is 0. The summed E-state index contributed by atoms with van der Waals surface area (Å²) in [6.07, 6.45) is -0.0642. The molecule has 18 heavy (non-hydrogen) atoms. The molecule has 0 bridgehead atoms. The van der Waals surface area contributed by atoms with E-state index in [1.807, 2.05) is 0 Å². The molecule has 94 valence electrons. The van der Waals surface area contributed by atoms with Crippen LogP contribution in [0.2, 0.25) is 0 Å². The van der Waals surface area contributed by atoms with Gasteiger partial charge in [-0.05, 0) is 26.0 Å². The summed E-state index contributed by atoms with van der Waals surface area (Å²) in [6, 6.07) is 6.83. The van der Waals surface area contributed by atoms with Crippen LogP contribution in [0.3, 0.4) is 0 Å². The zero-order valence-corrected chi connectivity index (χ0v) is 10.2. The Kier molecular flexibility index (Phi) is 3.06. The van der Waals surface area contributed by atoms with Crippen LogP contribution in [0, 0.1) is 13.8 Å². The Bertz CT molecular complexity index is 602. The SMILES string of the molecule is Cc1nn(-c2ccccc2O)c(C)c1CC(=O)O. The van der Waals surface area contributed by atoms with Gasteiger partial charge in [0.25, 0.3) is 0 Å². The van der Waals surface area contributed by atoms with Crippen molar-refractivity contribution in [3.63, 3.8) is 0 Å². The Morgan fingerprint density at radius 3 is 2.61 bits per heavy atom. The normalized spacial score (nSPS) is 10.6. The highest BCUT2D eigenvalue weighted by molar-refractivity contribution is 5.71. The number of aromatic hydroxyl groups is 1. The van der Waals surface area contributed by atoms with Gasteiger partial charge in [-0.3, -0.25) is 4.79 Å². The van der Waals surface area contributed by atoms with Gasteiger partial charge in [-0.25, -0.2) is 4.68 Å². The highest BCUT2D eigenvalue weighted by Crippen LogP contribution is 2.24. The Labute approximate surface area is 104 Å². The summed E-state index contributed by atoms with van der Waals surface area (Å²) in [5, 5.41) is 22.9. The number of benzene rings is 1. The standard InChI is InChI=1S/C13H14N2O3/c1-8-10(7-13(17)18)9(2)15(14-8)11-5-3-4-6-12(11)16/h3-6,16H,7H2,1-2H3,(H,17,18). The van der Waals surface area contributed by atoms with Crippen LogP contribution in [-0.4, -0.2) is 26.0 Å². The molecule has 0 saturated heterocycles. The highest BCUT2D eigenvalue weighted by atomic mass is 16.4. The molecule has 0 amide bonds. The third kappa shape index (κ3) is 2.07. The van der Waals surface area contributed by atoms with Crippen LogP contribution in [0.4, 0.5) is 0 Å². The van der Waals surface area contributed by atoms with Gasteiger partial charge in [-0.1, -0.05) is 12.1 Å². The van der Waals surface area contributed by atoms with Crippen molar-refractivity contribution in [3.8, 4) is 11.4 Å². The van der Waals surface area contributed by atoms with Crippen molar-refractivity contribution in [2.24, 2.45) is 0 Å². The maximum Gasteiger partial charge on any atom is 0.307 e. The number of carboxylic acid groups (broad SMARTS) is 1. The zero-order chi connectivity index (χ0) is 13.3. The van der Waals surface area contributed by atoms with Crippen molar-refractivity contribution in [1.82, 2.24) is 9.78 Å². The van der Waals surface area contributed by atoms with E-state index in [-0.39, 0.29) is 12.2 Å². The fraction of sp³-hybridized carbons (Fsp3) is 0.231. The second-order valence-corrected chi connectivity index (χ2v) is 4.12. The molecule has 2 rings (SSSR count). The maximum atomic E-state index is 10.8. The van der Waals surface area contributed by atoms with Gasteiger partial charge >= 0.3 is 5.97 Å². The number of phenols is 1. The molecule has 0 aliphatic heterocycles. The number of rotatable bonds is 3. The molecule has 5 heteroatoms. The topological polar surface area (TPSA) is 75.3 Å². The number of carboxylic acids is 1. The van der Waals surface area contributed by atoms with Crippen LogP contribution in [0.5, 0.6) is 5.75 Å². The second-order valence-electron chi connectivity index (χ2n) is 4.12. The number of aromatic nitrogens is 2. The third-order valence-electron chi connectivity index (χ3n) is 2.88. The molecule has 0 spiro atoms. The number of aryl methyl sites for hydroxylation is 1. The quantitative estimate of drug-likeness (QED) is 0.866. The lowest BCUT2D eigenvalue weighted by Crippen LogP contribution is -2.03. The van der Waals surface area contributed by atoms with Crippen LogP contribution in [0.25, 0.3) is 5.69 Å². The van der Waals surface area contributed by atoms with E-state index in [0.717, 1.165) is 5.69 Å². The van der Waals surface area contributed by atoms with E-state index in [1.54, 1.807) is 42.8 Å². The molecule has 0 aliphatic rings. The summed E-state index contributed by atoms with van der Waals surface area (Å²) in [7, 11) is 0. The summed E-state index contributed by atoms with van der Waals surface area (Å²) in [4.78, 5) is 10.8. The van der Waals surface area contributed by atoms with Crippen LogP contribution in [0.1, 0.15) is 17.0 Å². The number of hydrogen-bond acceptors (Lipinski definition) is 3. The van der Waals surface area contributed by atoms with Crippen molar-refractivity contribution in [2.45, 2.75) is 20.3 Å². The fourth-order valence-corrected chi connectivity index (χ4v) is 1.96. The van der Waals surface area contributed by atoms with Crippen molar-refractivity contribution >= 4 is 5.97 Å². The van der Waals surface area contributed by atoms with E-state index in [2.05, 4.69) is 5.10 Å². The smallest absolute Gasteiger partial charge is 0.307 e. The van der Waals surface area contributed by atoms with Gasteiger partial charge in [-0.15, -0.1) is 0 Å². The number of nitrogens with zero attached hydrogens (tertiary/aromatic N) is 2. The van der Waals surface area contributed by atoms with E-state index in [4.69, 9.17) is 5.11 Å². The van der Waals surface area contributed by atoms with E-state index >= 15 is 0 Å². The molecule has 0 atom stereocenters. The number of aliphatic carboxylic acids is 1. The van der Waals surface area contributed by atoms with Crippen molar-refractivity contribution < 1.29 is 15.0 Å². The average Bonchev–Trinajstić information content (AvgIpc) is 2.57. The second kappa shape index (κ2) is 4.52. The Hall–Kier alpha value is -2.30. The average molecular weight is 246 g/mol. The minimum Gasteiger partial charge on any atom is -0.506 e. The lowest BCUT2D eigenvalue weighted by molar-refractivity contribution is -0.136. The van der Waals surface area contributed by atoms with Crippen molar-refractivity contribution in [3.05, 3.63) is 41.2 Å². The fourth-order valence-electron chi connectivity index (χ4n) is 1.96. The van der Waals surface area contributed by atoms with E-state index in [0.29, 0.717) is 16.9 Å². The Balaban J connectivity index is 2.54. The first-order valence-electron chi connectivity index (χ1n) is 5.56. The van der Waals surface area contributed by atoms with Crippen LogP contribution in [-0.2, 0) is 11.2 Å². The molecule has 1 aromatic carbocycles. The first-order chi connectivity index (χ1) is 8.50. The maximum absolute atomic E-state index is 10.8. The molecule has 1 heterocycles. The number of carbonyl (C=O) groups is 1. The van der Waals surface area contributed by atoms with Gasteiger partial charge in [-0.2, -0.15) is 5.10 Å². The monoisotopic (exact) mass is 246 g/mol. The van der Waals surface area contributed by atoms with Crippen molar-refractivity contribution in [1.29, 1.82) is 0 Å². The summed E-state index contributed by atoms with van der Waals surface area (Å²) in [5.41, 5.74) is 2.63. The summed E-state index contributed by atoms with van der Waals surface area (Å²) < 4.78 is 1.57. The predicted molar refractivity (Wildman–Crippen MR) is 66.0 cm³/mol. The predicted octanol–water partition coefficient (Wildman–Crippen LogP) is 1.82. The summed E-state index contributed by atoms with van der Waals surface area (Å²) in [5.74, 6) is -0.775. The minimum atomic E-state index is -0.891. The van der Waals surface area contributed by atoms with Crippen LogP contribution >= 0.6 is 0 Å². The molecule has 0 radical (unpaired) electrons. The highest BCUT2D eigenvalue weighted by Gasteiger charge is 2.16. The van der Waals surface area contributed by atoms with Gasteiger partial charge in [0.2, 0.25) is 0 Å². The van der Waals surface area contributed by atoms with Gasteiger partial charge in [0, 0.05) is 11.3 Å². The van der Waals surface area contributed by atoms with E-state index < -0.39 is 5.97 Å². The summed E-state index contributed by atoms with van der Waals surface area (Å²) in [6.45, 7) is 3.56. The first kappa shape index (κ1) is 12.2. The minimum absolute atomic E-state index is 0.0642. The number of para-hydroxylation sites is 2. The molecule has 0 fully saturated rings. The van der Waals surface area contributed by atoms with Crippen LogP contribution in [0.15, 0.2) is 24.3 Å². The molecule has 0 unspecified atom stereocenters. The molecule has 0 aliphatic carbocycles. The Morgan fingerprint density at radius 2 is 2.00 bits per heavy atom. The van der Waals surface area contributed by atoms with E-state index in [9.17, 15) is 9.90 Å². The number of phenolic OH excluding ortho intramolecular Hbond substituents is 1. The lowest BCUT2D eigenvalue weighted by Gasteiger charge is -2.06. The Morgan fingerprint density at radius 1 is 1.33 bits per heavy atom. The molecule has 2 N–H and O–H groups in total. The van der Waals surface area contributed by atoms with Gasteiger partial charge in [0.1, 0.15) is 11.4 Å². The lowest BCUT2D eigenvalue weighted by atomic mass is 10.1. The molecule has 5 nitrogen and oxygen atoms in total. The first-order valence-corrected chi connectivity index (χ1v) is 5.56. The zero-order valence-electron chi connectivity index (χ0n) is 10.2. The van der Waals surface area contributed by atoms with Crippen molar-refractivity contribution in [2.75, 3.05) is 0 Å². The molecule has 1 aromatic heterocycles. The van der Waals surface area contributed by atoms with Gasteiger partial charge in [0.05, 0.1) is 12.1 Å². The van der Waals surface area contributed by atoms with E-state index in [1.165, 1.54) is 0 Å². The third-order valence-corrected chi connectivity index (χ3v) is 2.88. The van der Waals surface area contributed by atoms with Gasteiger partial charge < -0.3 is 10.2 Å². The van der Waals surface area contributed by atoms with Gasteiger partial charge in [0.15, 0.2) is 0 Å². The molecule has 2 aromatic rings. The van der Waals surface area contributed by atoms with Crippen LogP contribution < -0.4 is 0 Å².